The van der Waals surface area contributed by atoms with Gasteiger partial charge in [0.1, 0.15) is 0 Å². The molecule has 0 aromatic carbocycles. The molecule has 2 atom stereocenters. The van der Waals surface area contributed by atoms with Gasteiger partial charge in [-0.15, -0.1) is 0 Å². The minimum atomic E-state index is -0.437. The van der Waals surface area contributed by atoms with Crippen LogP contribution in [0.4, 0.5) is 0 Å². The summed E-state index contributed by atoms with van der Waals surface area (Å²) < 4.78 is 5.35. The van der Waals surface area contributed by atoms with Gasteiger partial charge >= 0.3 is 0 Å². The second-order valence-corrected chi connectivity index (χ2v) is 5.46. The Hall–Kier alpha value is -0.0800. The van der Waals surface area contributed by atoms with Crippen molar-refractivity contribution in [1.29, 1.82) is 0 Å². The maximum absolute atomic E-state index is 10.4. The number of rotatable bonds is 5. The van der Waals surface area contributed by atoms with Gasteiger partial charge in [-0.25, -0.2) is 0 Å². The van der Waals surface area contributed by atoms with Crippen LogP contribution in [0.5, 0.6) is 0 Å². The first-order chi connectivity index (χ1) is 7.06. The molecule has 2 unspecified atom stereocenters. The predicted octanol–water partition coefficient (Wildman–Crippen LogP) is 3.13. The Morgan fingerprint density at radius 3 is 2.80 bits per heavy atom. The van der Waals surface area contributed by atoms with Crippen molar-refractivity contribution in [2.24, 2.45) is 5.92 Å². The van der Waals surface area contributed by atoms with E-state index in [-0.39, 0.29) is 6.10 Å². The summed E-state index contributed by atoms with van der Waals surface area (Å²) in [6.07, 6.45) is 7.62. The monoisotopic (exact) mass is 214 g/mol. The molecule has 1 fully saturated rings. The molecule has 0 aromatic rings. The highest BCUT2D eigenvalue weighted by atomic mass is 16.5. The molecule has 0 heterocycles. The molecule has 0 aromatic heterocycles. The Bertz CT molecular complexity index is 179. The smallest absolute Gasteiger partial charge is 0.0672 e. The van der Waals surface area contributed by atoms with Gasteiger partial charge in [-0.1, -0.05) is 26.7 Å². The molecular formula is C13H26O2. The number of hydrogen-bond acceptors (Lipinski definition) is 2. The van der Waals surface area contributed by atoms with Gasteiger partial charge in [0.05, 0.1) is 11.7 Å². The third-order valence-electron chi connectivity index (χ3n) is 3.53. The van der Waals surface area contributed by atoms with Gasteiger partial charge in [0, 0.05) is 13.5 Å². The van der Waals surface area contributed by atoms with E-state index in [9.17, 15) is 5.11 Å². The first kappa shape index (κ1) is 13.0. The van der Waals surface area contributed by atoms with Gasteiger partial charge < -0.3 is 9.84 Å². The second-order valence-electron chi connectivity index (χ2n) is 5.46. The molecular weight excluding hydrogens is 188 g/mol. The lowest BCUT2D eigenvalue weighted by Gasteiger charge is -2.36. The molecule has 1 aliphatic rings. The highest BCUT2D eigenvalue weighted by molar-refractivity contribution is 4.86. The Morgan fingerprint density at radius 2 is 2.20 bits per heavy atom. The molecule has 0 saturated heterocycles. The lowest BCUT2D eigenvalue weighted by atomic mass is 9.79. The zero-order chi connectivity index (χ0) is 11.3. The van der Waals surface area contributed by atoms with Crippen LogP contribution in [0.25, 0.3) is 0 Å². The maximum Gasteiger partial charge on any atom is 0.0672 e. The summed E-state index contributed by atoms with van der Waals surface area (Å²) in [4.78, 5) is 0. The summed E-state index contributed by atoms with van der Waals surface area (Å²) in [5.74, 6) is 0.746. The molecule has 1 saturated carbocycles. The van der Waals surface area contributed by atoms with Gasteiger partial charge in [-0.05, 0) is 31.6 Å². The SMILES string of the molecule is COC1CCCC(O)(CCCC(C)C)C1. The first-order valence-electron chi connectivity index (χ1n) is 6.31. The molecule has 0 radical (unpaired) electrons. The van der Waals surface area contributed by atoms with Crippen LogP contribution >= 0.6 is 0 Å². The molecule has 0 spiro atoms. The predicted molar refractivity (Wildman–Crippen MR) is 62.9 cm³/mol. The summed E-state index contributed by atoms with van der Waals surface area (Å²) in [6.45, 7) is 4.48. The largest absolute Gasteiger partial charge is 0.390 e. The van der Waals surface area contributed by atoms with Crippen LogP contribution < -0.4 is 0 Å². The minimum Gasteiger partial charge on any atom is -0.390 e. The molecule has 1 rings (SSSR count). The highest BCUT2D eigenvalue weighted by Gasteiger charge is 2.33. The van der Waals surface area contributed by atoms with Crippen molar-refractivity contribution in [2.45, 2.75) is 70.5 Å². The standard InChI is InChI=1S/C13H26O2/c1-11(2)6-4-8-13(14)9-5-7-12(10-13)15-3/h11-12,14H,4-10H2,1-3H3. The third-order valence-corrected chi connectivity index (χ3v) is 3.53. The lowest BCUT2D eigenvalue weighted by molar-refractivity contribution is -0.0647. The first-order valence-corrected chi connectivity index (χ1v) is 6.31. The van der Waals surface area contributed by atoms with E-state index in [4.69, 9.17) is 4.74 Å². The highest BCUT2D eigenvalue weighted by Crippen LogP contribution is 2.34. The van der Waals surface area contributed by atoms with Gasteiger partial charge in [0.2, 0.25) is 0 Å². The van der Waals surface area contributed by atoms with Crippen LogP contribution in [0, 0.1) is 5.92 Å². The van der Waals surface area contributed by atoms with Gasteiger partial charge in [0.15, 0.2) is 0 Å². The maximum atomic E-state index is 10.4. The lowest BCUT2D eigenvalue weighted by Crippen LogP contribution is -2.38. The van der Waals surface area contributed by atoms with Crippen molar-refractivity contribution in [3.63, 3.8) is 0 Å². The Morgan fingerprint density at radius 1 is 1.47 bits per heavy atom. The van der Waals surface area contributed by atoms with E-state index in [2.05, 4.69) is 13.8 Å². The average Bonchev–Trinajstić information content (AvgIpc) is 2.16. The van der Waals surface area contributed by atoms with Crippen molar-refractivity contribution in [3.05, 3.63) is 0 Å². The van der Waals surface area contributed by atoms with E-state index >= 15 is 0 Å². The third kappa shape index (κ3) is 4.52. The second kappa shape index (κ2) is 5.86. The van der Waals surface area contributed by atoms with Crippen LogP contribution in [0.15, 0.2) is 0 Å². The molecule has 2 nitrogen and oxygen atoms in total. The van der Waals surface area contributed by atoms with Gasteiger partial charge in [-0.3, -0.25) is 0 Å². The number of aliphatic hydroxyl groups is 1. The van der Waals surface area contributed by atoms with E-state index < -0.39 is 5.60 Å². The van der Waals surface area contributed by atoms with E-state index in [0.29, 0.717) is 0 Å². The van der Waals surface area contributed by atoms with E-state index in [1.54, 1.807) is 7.11 Å². The van der Waals surface area contributed by atoms with Crippen LogP contribution in [-0.2, 0) is 4.74 Å². The fourth-order valence-corrected chi connectivity index (χ4v) is 2.55. The van der Waals surface area contributed by atoms with Crippen LogP contribution in [0.2, 0.25) is 0 Å². The molecule has 15 heavy (non-hydrogen) atoms. The summed E-state index contributed by atoms with van der Waals surface area (Å²) in [5.41, 5.74) is -0.437. The summed E-state index contributed by atoms with van der Waals surface area (Å²) in [6, 6.07) is 0. The zero-order valence-corrected chi connectivity index (χ0v) is 10.5. The quantitative estimate of drug-likeness (QED) is 0.762. The molecule has 90 valence electrons. The van der Waals surface area contributed by atoms with Crippen LogP contribution in [0.3, 0.4) is 0 Å². The normalized spacial score (nSPS) is 32.2. The molecule has 1 aliphatic carbocycles. The van der Waals surface area contributed by atoms with E-state index in [1.165, 1.54) is 6.42 Å². The Kier molecular flexibility index (Phi) is 5.07. The molecule has 1 N–H and O–H groups in total. The fraction of sp³-hybridized carbons (Fsp3) is 1.00. The average molecular weight is 214 g/mol. The number of hydrogen-bond donors (Lipinski definition) is 1. The van der Waals surface area contributed by atoms with Crippen molar-refractivity contribution in [2.75, 3.05) is 7.11 Å². The summed E-state index contributed by atoms with van der Waals surface area (Å²) >= 11 is 0. The van der Waals surface area contributed by atoms with Crippen molar-refractivity contribution < 1.29 is 9.84 Å². The molecule has 2 heteroatoms. The molecule has 0 amide bonds. The summed E-state index contributed by atoms with van der Waals surface area (Å²) in [7, 11) is 1.75. The van der Waals surface area contributed by atoms with Crippen molar-refractivity contribution in [3.8, 4) is 0 Å². The van der Waals surface area contributed by atoms with Gasteiger partial charge in [0.25, 0.3) is 0 Å². The Labute approximate surface area is 94.0 Å². The molecule has 0 bridgehead atoms. The van der Waals surface area contributed by atoms with E-state index in [0.717, 1.165) is 44.4 Å². The summed E-state index contributed by atoms with van der Waals surface area (Å²) in [5, 5.41) is 10.4. The zero-order valence-electron chi connectivity index (χ0n) is 10.5. The number of methoxy groups -OCH3 is 1. The molecule has 0 aliphatic heterocycles. The fourth-order valence-electron chi connectivity index (χ4n) is 2.55. The van der Waals surface area contributed by atoms with Crippen LogP contribution in [0.1, 0.15) is 58.8 Å². The Balaban J connectivity index is 2.30. The van der Waals surface area contributed by atoms with Gasteiger partial charge in [-0.2, -0.15) is 0 Å². The minimum absolute atomic E-state index is 0.280. The topological polar surface area (TPSA) is 29.5 Å². The number of ether oxygens (including phenoxy) is 1. The van der Waals surface area contributed by atoms with Crippen molar-refractivity contribution in [1.82, 2.24) is 0 Å². The van der Waals surface area contributed by atoms with E-state index in [1.807, 2.05) is 0 Å². The van der Waals surface area contributed by atoms with Crippen molar-refractivity contribution >= 4 is 0 Å². The van der Waals surface area contributed by atoms with Crippen LogP contribution in [-0.4, -0.2) is 23.9 Å².